The third kappa shape index (κ3) is 7.52. The number of hydrogen-bond donors (Lipinski definition) is 3. The summed E-state index contributed by atoms with van der Waals surface area (Å²) in [4.78, 5) is 28.4. The molecule has 1 aliphatic heterocycles. The van der Waals surface area contributed by atoms with Crippen LogP contribution in [0.4, 0.5) is 11.6 Å². The summed E-state index contributed by atoms with van der Waals surface area (Å²) in [6, 6.07) is 11.4. The standard InChI is InChI=1S/C31H40N8O3/c1-23(40)27(36-31-26-13-18-37(2)30(26)34-22-39(31)41)14-19-38(20-21-42-28-10-3-5-15-32-28)17-6-4-9-25-12-11-24-8-7-16-33-29(24)35-25/h3,5,10-13,15,18,22,27,41H,4,6-9,14,16-17,19-21H2,1-2H3,(H,33,35)/p+1/t27-/m0/s1. The molecule has 4 aromatic heterocycles. The number of nitrogens with zero attached hydrogens (tertiary/aromatic N) is 6. The van der Waals surface area contributed by atoms with Crippen LogP contribution in [0.1, 0.15) is 43.9 Å². The average Bonchev–Trinajstić information content (AvgIpc) is 3.38. The van der Waals surface area contributed by atoms with E-state index in [1.807, 2.05) is 42.1 Å². The van der Waals surface area contributed by atoms with Crippen molar-refractivity contribution in [3.05, 3.63) is 66.4 Å². The normalized spacial score (nSPS) is 13.5. The molecule has 3 N–H and O–H groups in total. The zero-order chi connectivity index (χ0) is 29.3. The molecule has 0 fully saturated rings. The maximum Gasteiger partial charge on any atom is 0.273 e. The minimum absolute atomic E-state index is 0.00710. The Morgan fingerprint density at radius 3 is 2.93 bits per heavy atom. The molecular formula is C31H41N8O3+. The van der Waals surface area contributed by atoms with Crippen molar-refractivity contribution in [2.75, 3.05) is 43.4 Å². The molecule has 0 aliphatic carbocycles. The molecular weight excluding hydrogens is 532 g/mol. The van der Waals surface area contributed by atoms with Gasteiger partial charge in [0.25, 0.3) is 12.1 Å². The van der Waals surface area contributed by atoms with Crippen molar-refractivity contribution < 1.29 is 19.5 Å². The number of Topliss-reactive ketones (excluding diaryl/α,β-unsaturated/α-hetero) is 1. The zero-order valence-electron chi connectivity index (χ0n) is 24.5. The molecule has 1 atom stereocenters. The van der Waals surface area contributed by atoms with Gasteiger partial charge in [-0.2, -0.15) is 0 Å². The van der Waals surface area contributed by atoms with E-state index < -0.39 is 6.04 Å². The van der Waals surface area contributed by atoms with Crippen LogP contribution in [0.3, 0.4) is 0 Å². The van der Waals surface area contributed by atoms with Gasteiger partial charge in [-0.1, -0.05) is 21.8 Å². The molecule has 0 amide bonds. The van der Waals surface area contributed by atoms with E-state index >= 15 is 0 Å². The van der Waals surface area contributed by atoms with Gasteiger partial charge in [0.05, 0.1) is 0 Å². The van der Waals surface area contributed by atoms with Crippen molar-refractivity contribution in [3.8, 4) is 5.88 Å². The van der Waals surface area contributed by atoms with Crippen molar-refractivity contribution in [2.24, 2.45) is 7.05 Å². The average molecular weight is 574 g/mol. The van der Waals surface area contributed by atoms with Crippen molar-refractivity contribution in [1.82, 2.24) is 24.4 Å². The number of anilines is 2. The van der Waals surface area contributed by atoms with Gasteiger partial charge in [-0.15, -0.1) is 0 Å². The van der Waals surface area contributed by atoms with Gasteiger partial charge in [-0.3, -0.25) is 15.0 Å². The smallest absolute Gasteiger partial charge is 0.273 e. The summed E-state index contributed by atoms with van der Waals surface area (Å²) < 4.78 is 8.71. The van der Waals surface area contributed by atoms with Crippen LogP contribution >= 0.6 is 0 Å². The molecule has 0 saturated carbocycles. The first kappa shape index (κ1) is 29.2. The number of fused-ring (bicyclic) bond motifs is 2. The molecule has 11 nitrogen and oxygen atoms in total. The van der Waals surface area contributed by atoms with Gasteiger partial charge in [0.15, 0.2) is 5.78 Å². The van der Waals surface area contributed by atoms with Crippen LogP contribution in [-0.2, 0) is 24.7 Å². The van der Waals surface area contributed by atoms with Crippen molar-refractivity contribution >= 4 is 28.5 Å². The Morgan fingerprint density at radius 2 is 2.10 bits per heavy atom. The first-order valence-corrected chi connectivity index (χ1v) is 14.8. The molecule has 0 spiro atoms. The highest BCUT2D eigenvalue weighted by molar-refractivity contribution is 5.89. The Kier molecular flexibility index (Phi) is 9.81. The summed E-state index contributed by atoms with van der Waals surface area (Å²) in [7, 11) is 1.90. The summed E-state index contributed by atoms with van der Waals surface area (Å²) in [5.74, 6) is 2.11. The number of hydrogen-bond acceptors (Lipinski definition) is 9. The van der Waals surface area contributed by atoms with Gasteiger partial charge < -0.3 is 19.8 Å². The van der Waals surface area contributed by atoms with Crippen molar-refractivity contribution in [1.29, 1.82) is 0 Å². The van der Waals surface area contributed by atoms with E-state index in [0.29, 0.717) is 37.8 Å². The molecule has 4 aromatic rings. The fraction of sp³-hybridized carbons (Fsp3) is 0.452. The van der Waals surface area contributed by atoms with Gasteiger partial charge >= 0.3 is 0 Å². The molecule has 0 unspecified atom stereocenters. The number of nitrogens with one attached hydrogen (secondary N) is 2. The Morgan fingerprint density at radius 1 is 1.19 bits per heavy atom. The second-order valence-electron chi connectivity index (χ2n) is 10.9. The lowest BCUT2D eigenvalue weighted by molar-refractivity contribution is -0.894. The lowest BCUT2D eigenvalue weighted by Gasteiger charge is -2.24. The highest BCUT2D eigenvalue weighted by atomic mass is 16.5. The van der Waals surface area contributed by atoms with E-state index in [1.54, 1.807) is 13.1 Å². The summed E-state index contributed by atoms with van der Waals surface area (Å²) >= 11 is 0. The highest BCUT2D eigenvalue weighted by Crippen LogP contribution is 2.21. The first-order valence-electron chi connectivity index (χ1n) is 14.8. The number of aromatic nitrogens is 5. The lowest BCUT2D eigenvalue weighted by Crippen LogP contribution is -2.41. The van der Waals surface area contributed by atoms with Crippen LogP contribution in [-0.4, -0.2) is 74.2 Å². The predicted octanol–water partition coefficient (Wildman–Crippen LogP) is 3.41. The number of aryl methyl sites for hydroxylation is 3. The molecule has 5 heterocycles. The van der Waals surface area contributed by atoms with E-state index in [1.165, 1.54) is 11.9 Å². The number of carbonyl (C=O) groups excluding carboxylic acids is 1. The lowest BCUT2D eigenvalue weighted by atomic mass is 10.1. The Bertz CT molecular complexity index is 1480. The van der Waals surface area contributed by atoms with Crippen LogP contribution in [0.5, 0.6) is 5.88 Å². The number of pyridine rings is 2. The van der Waals surface area contributed by atoms with Crippen LogP contribution in [0.2, 0.25) is 0 Å². The van der Waals surface area contributed by atoms with Gasteiger partial charge in [-0.05, 0) is 69.3 Å². The summed E-state index contributed by atoms with van der Waals surface area (Å²) in [6.45, 7) is 5.34. The minimum Gasteiger partial charge on any atom is -0.476 e. The number of rotatable bonds is 15. The Balaban J connectivity index is 1.19. The van der Waals surface area contributed by atoms with E-state index in [4.69, 9.17) is 9.72 Å². The summed E-state index contributed by atoms with van der Waals surface area (Å²) in [5.41, 5.74) is 3.16. The summed E-state index contributed by atoms with van der Waals surface area (Å²) in [5, 5.41) is 17.9. The Hall–Kier alpha value is -4.25. The fourth-order valence-corrected chi connectivity index (χ4v) is 5.35. The minimum atomic E-state index is -0.472. The second kappa shape index (κ2) is 14.1. The van der Waals surface area contributed by atoms with E-state index in [9.17, 15) is 10.0 Å². The van der Waals surface area contributed by atoms with Gasteiger partial charge in [0.2, 0.25) is 11.5 Å². The number of unbranched alkanes of at least 4 members (excludes halogenated alkanes) is 1. The molecule has 0 bridgehead atoms. The van der Waals surface area contributed by atoms with Gasteiger partial charge in [0, 0.05) is 57.3 Å². The molecule has 0 aromatic carbocycles. The number of carbonyl (C=O) groups is 1. The maximum absolute atomic E-state index is 12.7. The van der Waals surface area contributed by atoms with E-state index in [2.05, 4.69) is 37.6 Å². The van der Waals surface area contributed by atoms with Gasteiger partial charge in [0.1, 0.15) is 23.9 Å². The molecule has 1 aliphatic rings. The zero-order valence-corrected chi connectivity index (χ0v) is 24.5. The number of ether oxygens (including phenoxy) is 1. The molecule has 42 heavy (non-hydrogen) atoms. The Labute approximate surface area is 246 Å². The number of ketones is 1. The molecule has 0 saturated heterocycles. The van der Waals surface area contributed by atoms with Crippen molar-refractivity contribution in [3.63, 3.8) is 0 Å². The molecule has 0 radical (unpaired) electrons. The highest BCUT2D eigenvalue weighted by Gasteiger charge is 2.25. The topological polar surface area (TPSA) is 121 Å². The molecule has 11 heteroatoms. The summed E-state index contributed by atoms with van der Waals surface area (Å²) in [6.07, 6.45) is 10.7. The van der Waals surface area contributed by atoms with Crippen LogP contribution < -0.4 is 20.1 Å². The third-order valence-electron chi connectivity index (χ3n) is 7.75. The second-order valence-corrected chi connectivity index (χ2v) is 10.9. The maximum atomic E-state index is 12.7. The van der Waals surface area contributed by atoms with Crippen LogP contribution in [0, 0.1) is 0 Å². The predicted molar refractivity (Wildman–Crippen MR) is 161 cm³/mol. The fourth-order valence-electron chi connectivity index (χ4n) is 5.35. The third-order valence-corrected chi connectivity index (χ3v) is 7.75. The quantitative estimate of drug-likeness (QED) is 0.112. The largest absolute Gasteiger partial charge is 0.476 e. The van der Waals surface area contributed by atoms with Crippen molar-refractivity contribution in [2.45, 2.75) is 51.5 Å². The van der Waals surface area contributed by atoms with E-state index in [0.717, 1.165) is 72.5 Å². The van der Waals surface area contributed by atoms with Crippen LogP contribution in [0.25, 0.3) is 11.0 Å². The monoisotopic (exact) mass is 573 g/mol. The molecule has 5 rings (SSSR count). The van der Waals surface area contributed by atoms with Crippen LogP contribution in [0.15, 0.2) is 55.1 Å². The molecule has 222 valence electrons. The van der Waals surface area contributed by atoms with E-state index in [-0.39, 0.29) is 5.78 Å². The SMILES string of the molecule is CC(=O)[C@H](CCN(CCCCc1ccc2c(n1)NCCC2)CCOc1ccccn1)Nc1c2ccn(C)c2nc[n+]1O. The first-order chi connectivity index (χ1) is 20.5. The van der Waals surface area contributed by atoms with Gasteiger partial charge in [-0.25, -0.2) is 9.97 Å².